The Kier molecular flexibility index (Phi) is 8.66. The van der Waals surface area contributed by atoms with Gasteiger partial charge >= 0.3 is 0 Å². The molecule has 2 amide bonds. The molecule has 3 aromatic carbocycles. The van der Waals surface area contributed by atoms with Crippen molar-refractivity contribution >= 4 is 23.2 Å². The summed E-state index contributed by atoms with van der Waals surface area (Å²) in [5.41, 5.74) is 6.44. The molecule has 264 valence electrons. The largest absolute Gasteiger partial charge is 0.508 e. The summed E-state index contributed by atoms with van der Waals surface area (Å²) in [6.45, 7) is 6.07. The highest BCUT2D eigenvalue weighted by Crippen LogP contribution is 2.42. The van der Waals surface area contributed by atoms with Gasteiger partial charge in [-0.15, -0.1) is 0 Å². The van der Waals surface area contributed by atoms with Crippen LogP contribution in [0.5, 0.6) is 17.2 Å². The number of phenols is 1. The molecule has 5 aromatic rings. The molecule has 0 bridgehead atoms. The quantitative estimate of drug-likeness (QED) is 0.227. The van der Waals surface area contributed by atoms with Gasteiger partial charge in [-0.3, -0.25) is 19.4 Å². The minimum absolute atomic E-state index is 0.0437. The molecule has 5 heterocycles. The number of aromatic hydroxyl groups is 1. The van der Waals surface area contributed by atoms with Crippen LogP contribution < -0.4 is 14.4 Å². The Morgan fingerprint density at radius 1 is 0.962 bits per heavy atom. The number of phenolic OH excluding ortho intramolecular Hbond substituents is 1. The molecule has 0 radical (unpaired) electrons. The van der Waals surface area contributed by atoms with Gasteiger partial charge in [-0.2, -0.15) is 5.26 Å². The van der Waals surface area contributed by atoms with Crippen molar-refractivity contribution in [2.75, 3.05) is 44.5 Å². The molecule has 1 atom stereocenters. The SMILES string of the molecule is Cc1c(C(=O)N(c2ccc(O)cc2)c2c[nH]c(C#N)c2)cc(-c2cc3c(cc2C(=O)N2Cc4ccccc4C[C@H]2CN2CCOCC2)OCO3)n1C. The number of carbonyl (C=O) groups is 2. The van der Waals surface area contributed by atoms with Crippen LogP contribution >= 0.6 is 0 Å². The number of carbonyl (C=O) groups excluding carboxylic acids is 2. The van der Waals surface area contributed by atoms with E-state index in [-0.39, 0.29) is 30.4 Å². The second-order valence-corrected chi connectivity index (χ2v) is 13.4. The molecular weight excluding hydrogens is 660 g/mol. The first-order valence-electron chi connectivity index (χ1n) is 17.3. The Morgan fingerprint density at radius 3 is 2.42 bits per heavy atom. The lowest BCUT2D eigenvalue weighted by Gasteiger charge is -2.40. The zero-order valence-corrected chi connectivity index (χ0v) is 29.0. The zero-order chi connectivity index (χ0) is 35.9. The van der Waals surface area contributed by atoms with Crippen LogP contribution in [0.4, 0.5) is 11.4 Å². The monoisotopic (exact) mass is 698 g/mol. The number of nitrogens with zero attached hydrogens (tertiary/aromatic N) is 5. The smallest absolute Gasteiger partial charge is 0.264 e. The summed E-state index contributed by atoms with van der Waals surface area (Å²) in [5, 5.41) is 19.5. The third-order valence-electron chi connectivity index (χ3n) is 10.3. The number of hydrogen-bond acceptors (Lipinski definition) is 8. The van der Waals surface area contributed by atoms with E-state index in [9.17, 15) is 20.0 Å². The van der Waals surface area contributed by atoms with Crippen molar-refractivity contribution in [3.05, 3.63) is 113 Å². The van der Waals surface area contributed by atoms with E-state index in [0.29, 0.717) is 76.4 Å². The number of aromatic amines is 1. The highest BCUT2D eigenvalue weighted by atomic mass is 16.7. The van der Waals surface area contributed by atoms with Gasteiger partial charge in [0, 0.05) is 68.1 Å². The number of aromatic nitrogens is 2. The molecule has 3 aliphatic heterocycles. The Hall–Kier alpha value is -6.03. The molecule has 3 aliphatic rings. The van der Waals surface area contributed by atoms with Crippen molar-refractivity contribution in [3.8, 4) is 34.6 Å². The third kappa shape index (κ3) is 6.04. The minimum Gasteiger partial charge on any atom is -0.508 e. The van der Waals surface area contributed by atoms with Gasteiger partial charge in [0.05, 0.1) is 30.0 Å². The molecule has 0 unspecified atom stereocenters. The average Bonchev–Trinajstić information content (AvgIpc) is 3.91. The van der Waals surface area contributed by atoms with Gasteiger partial charge in [-0.25, -0.2) is 0 Å². The summed E-state index contributed by atoms with van der Waals surface area (Å²) in [4.78, 5) is 38.3. The highest BCUT2D eigenvalue weighted by molar-refractivity contribution is 6.12. The van der Waals surface area contributed by atoms with Gasteiger partial charge in [-0.1, -0.05) is 24.3 Å². The first-order valence-corrected chi connectivity index (χ1v) is 17.3. The number of rotatable bonds is 7. The number of fused-ring (bicyclic) bond motifs is 2. The molecule has 0 saturated carbocycles. The summed E-state index contributed by atoms with van der Waals surface area (Å²) in [6.07, 6.45) is 2.34. The summed E-state index contributed by atoms with van der Waals surface area (Å²) < 4.78 is 19.1. The normalized spacial score (nSPS) is 16.7. The second-order valence-electron chi connectivity index (χ2n) is 13.4. The van der Waals surface area contributed by atoms with Crippen molar-refractivity contribution in [2.45, 2.75) is 25.9 Å². The summed E-state index contributed by atoms with van der Waals surface area (Å²) >= 11 is 0. The molecule has 2 N–H and O–H groups in total. The minimum atomic E-state index is -0.347. The first-order chi connectivity index (χ1) is 25.3. The predicted molar refractivity (Wildman–Crippen MR) is 193 cm³/mol. The molecule has 2 aromatic heterocycles. The van der Waals surface area contributed by atoms with E-state index < -0.39 is 0 Å². The van der Waals surface area contributed by atoms with Gasteiger partial charge in [0.15, 0.2) is 11.5 Å². The van der Waals surface area contributed by atoms with Gasteiger partial charge in [0.1, 0.15) is 17.5 Å². The summed E-state index contributed by atoms with van der Waals surface area (Å²) in [7, 11) is 1.87. The fourth-order valence-corrected chi connectivity index (χ4v) is 7.41. The van der Waals surface area contributed by atoms with Crippen molar-refractivity contribution in [1.29, 1.82) is 5.26 Å². The van der Waals surface area contributed by atoms with E-state index in [4.69, 9.17) is 14.2 Å². The Morgan fingerprint density at radius 2 is 1.69 bits per heavy atom. The van der Waals surface area contributed by atoms with Gasteiger partial charge in [-0.05, 0) is 73.0 Å². The second kappa shape index (κ2) is 13.6. The number of nitriles is 1. The fraction of sp³-hybridized carbons (Fsp3) is 0.275. The van der Waals surface area contributed by atoms with Crippen LogP contribution in [0.25, 0.3) is 11.3 Å². The maximum absolute atomic E-state index is 15.0. The van der Waals surface area contributed by atoms with E-state index in [2.05, 4.69) is 34.2 Å². The van der Waals surface area contributed by atoms with E-state index in [1.54, 1.807) is 36.5 Å². The van der Waals surface area contributed by atoms with Crippen molar-refractivity contribution in [3.63, 3.8) is 0 Å². The van der Waals surface area contributed by atoms with E-state index in [1.807, 2.05) is 35.6 Å². The number of H-pyrrole nitrogens is 1. The first kappa shape index (κ1) is 33.1. The fourth-order valence-electron chi connectivity index (χ4n) is 7.41. The third-order valence-corrected chi connectivity index (χ3v) is 10.3. The van der Waals surface area contributed by atoms with Crippen molar-refractivity contribution < 1.29 is 28.9 Å². The lowest BCUT2D eigenvalue weighted by molar-refractivity contribution is 0.0193. The van der Waals surface area contributed by atoms with E-state index >= 15 is 0 Å². The Balaban J connectivity index is 1.20. The number of nitrogens with one attached hydrogen (secondary N) is 1. The van der Waals surface area contributed by atoms with Gasteiger partial charge in [0.25, 0.3) is 11.8 Å². The summed E-state index contributed by atoms with van der Waals surface area (Å²) in [6, 6.07) is 23.6. The molecule has 12 heteroatoms. The summed E-state index contributed by atoms with van der Waals surface area (Å²) in [5.74, 6) is 0.602. The van der Waals surface area contributed by atoms with Crippen LogP contribution in [0, 0.1) is 18.3 Å². The topological polar surface area (TPSA) is 136 Å². The predicted octanol–water partition coefficient (Wildman–Crippen LogP) is 5.51. The maximum atomic E-state index is 15.0. The molecule has 0 spiro atoms. The van der Waals surface area contributed by atoms with Crippen LogP contribution in [0.3, 0.4) is 0 Å². The van der Waals surface area contributed by atoms with Crippen LogP contribution in [0.2, 0.25) is 0 Å². The van der Waals surface area contributed by atoms with Crippen LogP contribution in [-0.2, 0) is 24.8 Å². The zero-order valence-electron chi connectivity index (χ0n) is 29.0. The molecular formula is C40H38N6O6. The van der Waals surface area contributed by atoms with E-state index in [0.717, 1.165) is 31.6 Å². The molecule has 12 nitrogen and oxygen atoms in total. The average molecular weight is 699 g/mol. The van der Waals surface area contributed by atoms with Crippen LogP contribution in [0.15, 0.2) is 79.0 Å². The number of hydrogen-bond donors (Lipinski definition) is 2. The Labute approximate surface area is 301 Å². The standard InChI is InChI=1S/C40H38N6O6/c1-25-33(40(49)46(29-7-9-32(47)10-8-29)30-16-28(20-41)42-21-30)17-36(43(25)2)34-18-37-38(52-24-51-37)19-35(34)39(48)45-22-27-6-4-3-5-26(27)15-31(45)23-44-11-13-50-14-12-44/h3-10,16-19,21,31,42,47H,11-15,22-24H2,1-2H3/t31-/m0/s1. The van der Waals surface area contributed by atoms with Crippen molar-refractivity contribution in [2.24, 2.45) is 7.05 Å². The lowest BCUT2D eigenvalue weighted by Crippen LogP contribution is -2.52. The van der Waals surface area contributed by atoms with E-state index in [1.165, 1.54) is 22.6 Å². The van der Waals surface area contributed by atoms with Gasteiger partial charge in [0.2, 0.25) is 6.79 Å². The maximum Gasteiger partial charge on any atom is 0.264 e. The van der Waals surface area contributed by atoms with Crippen LogP contribution in [0.1, 0.15) is 43.2 Å². The number of amides is 2. The number of benzene rings is 3. The number of ether oxygens (including phenoxy) is 3. The highest BCUT2D eigenvalue weighted by Gasteiger charge is 2.35. The van der Waals surface area contributed by atoms with Crippen LogP contribution in [-0.4, -0.2) is 82.0 Å². The Bertz CT molecular complexity index is 2210. The van der Waals surface area contributed by atoms with Gasteiger partial charge < -0.3 is 33.8 Å². The molecule has 1 fully saturated rings. The molecule has 8 rings (SSSR count). The number of morpholine rings is 1. The molecule has 1 saturated heterocycles. The molecule has 52 heavy (non-hydrogen) atoms. The molecule has 0 aliphatic carbocycles. The number of anilines is 2. The lowest BCUT2D eigenvalue weighted by atomic mass is 9.92. The van der Waals surface area contributed by atoms with Crippen molar-refractivity contribution in [1.82, 2.24) is 19.4 Å².